The van der Waals surface area contributed by atoms with Crippen molar-refractivity contribution in [2.45, 2.75) is 127 Å². The molecule has 240 valence electrons. The molecule has 0 saturated carbocycles. The molecule has 4 heterocycles. The smallest absolute Gasteiger partial charge is 0.330 e. The van der Waals surface area contributed by atoms with E-state index in [1.807, 2.05) is 6.07 Å². The number of benzene rings is 1. The third-order valence-corrected chi connectivity index (χ3v) is 8.41. The van der Waals surface area contributed by atoms with Crippen LogP contribution in [-0.2, 0) is 44.5 Å². The molecule has 0 amide bonds. The fourth-order valence-corrected chi connectivity index (χ4v) is 6.55. The number of rotatable bonds is 14. The second kappa shape index (κ2) is 15.1. The SMILES string of the molecule is CC(=O)OC(CCCCCC/C=C/CCc1ccc2c(c1)OCO2)CC1CC(OC(C)=O)CC2(CC3OC(=O)C=CC3O2)O1. The summed E-state index contributed by atoms with van der Waals surface area (Å²) in [6.07, 6.45) is 15.2. The summed E-state index contributed by atoms with van der Waals surface area (Å²) in [5.41, 5.74) is 1.24. The number of carbonyl (C=O) groups excluding carboxylic acids is 3. The average molecular weight is 613 g/mol. The first-order chi connectivity index (χ1) is 21.3. The van der Waals surface area contributed by atoms with Gasteiger partial charge in [0.15, 0.2) is 17.3 Å². The van der Waals surface area contributed by atoms with Crippen molar-refractivity contribution in [3.8, 4) is 11.5 Å². The molecule has 5 rings (SSSR count). The molecule has 0 aromatic heterocycles. The molecule has 1 aromatic rings. The Morgan fingerprint density at radius 2 is 1.82 bits per heavy atom. The van der Waals surface area contributed by atoms with E-state index in [2.05, 4.69) is 24.3 Å². The lowest BCUT2D eigenvalue weighted by Gasteiger charge is -2.42. The summed E-state index contributed by atoms with van der Waals surface area (Å²) in [6.45, 7) is 3.10. The predicted octanol–water partition coefficient (Wildman–Crippen LogP) is 5.64. The van der Waals surface area contributed by atoms with Gasteiger partial charge in [-0.25, -0.2) is 4.79 Å². The van der Waals surface area contributed by atoms with Crippen LogP contribution in [0, 0.1) is 0 Å². The van der Waals surface area contributed by atoms with Crippen LogP contribution in [0.25, 0.3) is 0 Å². The maximum atomic E-state index is 11.9. The van der Waals surface area contributed by atoms with Crippen LogP contribution in [0.4, 0.5) is 0 Å². The summed E-state index contributed by atoms with van der Waals surface area (Å²) < 4.78 is 40.3. The van der Waals surface area contributed by atoms with Crippen molar-refractivity contribution in [3.05, 3.63) is 48.1 Å². The highest BCUT2D eigenvalue weighted by molar-refractivity contribution is 5.83. The number of ether oxygens (including phenoxy) is 7. The summed E-state index contributed by atoms with van der Waals surface area (Å²) in [5.74, 6) is -0.496. The molecule has 0 radical (unpaired) electrons. The molecule has 2 fully saturated rings. The van der Waals surface area contributed by atoms with Crippen molar-refractivity contribution < 1.29 is 47.5 Å². The van der Waals surface area contributed by atoms with Gasteiger partial charge in [0.05, 0.1) is 6.10 Å². The average Bonchev–Trinajstić information content (AvgIpc) is 3.56. The summed E-state index contributed by atoms with van der Waals surface area (Å²) in [5, 5.41) is 0. The Hall–Kier alpha value is -3.37. The maximum Gasteiger partial charge on any atom is 0.330 e. The molecule has 10 heteroatoms. The lowest BCUT2D eigenvalue weighted by molar-refractivity contribution is -0.286. The maximum absolute atomic E-state index is 11.9. The minimum Gasteiger partial charge on any atom is -0.462 e. The van der Waals surface area contributed by atoms with Crippen molar-refractivity contribution >= 4 is 17.9 Å². The first-order valence-electron chi connectivity index (χ1n) is 15.9. The van der Waals surface area contributed by atoms with Gasteiger partial charge in [-0.3, -0.25) is 9.59 Å². The van der Waals surface area contributed by atoms with Crippen LogP contribution in [0.1, 0.15) is 90.0 Å². The van der Waals surface area contributed by atoms with Crippen LogP contribution in [0.15, 0.2) is 42.5 Å². The van der Waals surface area contributed by atoms with E-state index in [0.717, 1.165) is 62.9 Å². The van der Waals surface area contributed by atoms with Crippen molar-refractivity contribution in [3.63, 3.8) is 0 Å². The van der Waals surface area contributed by atoms with E-state index in [0.29, 0.717) is 32.5 Å². The third kappa shape index (κ3) is 9.08. The molecule has 44 heavy (non-hydrogen) atoms. The highest BCUT2D eigenvalue weighted by Gasteiger charge is 2.54. The molecule has 0 aliphatic carbocycles. The van der Waals surface area contributed by atoms with Crippen LogP contribution >= 0.6 is 0 Å². The number of allylic oxidation sites excluding steroid dienone is 2. The zero-order valence-electron chi connectivity index (χ0n) is 25.7. The van der Waals surface area contributed by atoms with Crippen LogP contribution in [0.3, 0.4) is 0 Å². The molecule has 4 aliphatic rings. The van der Waals surface area contributed by atoms with Gasteiger partial charge >= 0.3 is 17.9 Å². The summed E-state index contributed by atoms with van der Waals surface area (Å²) >= 11 is 0. The van der Waals surface area contributed by atoms with E-state index in [-0.39, 0.29) is 24.1 Å². The lowest BCUT2D eigenvalue weighted by Crippen LogP contribution is -2.48. The molecule has 10 nitrogen and oxygen atoms in total. The topological polar surface area (TPSA) is 116 Å². The second-order valence-corrected chi connectivity index (χ2v) is 12.1. The molecular weight excluding hydrogens is 568 g/mol. The third-order valence-electron chi connectivity index (χ3n) is 8.41. The van der Waals surface area contributed by atoms with Gasteiger partial charge in [0.1, 0.15) is 24.4 Å². The Kier molecular flexibility index (Phi) is 11.0. The summed E-state index contributed by atoms with van der Waals surface area (Å²) in [7, 11) is 0. The van der Waals surface area contributed by atoms with E-state index < -0.39 is 30.1 Å². The Bertz CT molecular complexity index is 1220. The van der Waals surface area contributed by atoms with Crippen molar-refractivity contribution in [2.24, 2.45) is 0 Å². The molecule has 4 aliphatic heterocycles. The van der Waals surface area contributed by atoms with Gasteiger partial charge < -0.3 is 33.2 Å². The van der Waals surface area contributed by atoms with Crippen LogP contribution in [-0.4, -0.2) is 61.0 Å². The highest BCUT2D eigenvalue weighted by Crippen LogP contribution is 2.45. The summed E-state index contributed by atoms with van der Waals surface area (Å²) in [6, 6.07) is 6.11. The van der Waals surface area contributed by atoms with Gasteiger partial charge in [-0.05, 0) is 62.3 Å². The van der Waals surface area contributed by atoms with Gasteiger partial charge in [0.2, 0.25) is 6.79 Å². The molecule has 2 saturated heterocycles. The highest BCUT2D eigenvalue weighted by atomic mass is 16.7. The normalized spacial score (nSPS) is 27.7. The molecule has 6 atom stereocenters. The molecule has 6 unspecified atom stereocenters. The molecule has 1 spiro atoms. The van der Waals surface area contributed by atoms with Gasteiger partial charge in [0, 0.05) is 45.6 Å². The first-order valence-corrected chi connectivity index (χ1v) is 15.9. The number of fused-ring (bicyclic) bond motifs is 2. The number of unbranched alkanes of at least 4 members (excludes halogenated alkanes) is 4. The van der Waals surface area contributed by atoms with E-state index in [4.69, 9.17) is 33.2 Å². The Labute approximate surface area is 259 Å². The standard InChI is InChI=1S/C34H44O10/c1-23(35)40-26(12-10-8-6-4-3-5-7-9-11-25-13-14-29-31(17-25)39-22-38-29)18-27-19-28(41-24(2)36)20-34(43-27)21-32-30(44-34)15-16-33(37)42-32/h5,7,13-17,26-28,30,32H,3-4,6,8-12,18-22H2,1-2H3/b7-5+. The zero-order chi connectivity index (χ0) is 30.9. The number of carbonyl (C=O) groups is 3. The van der Waals surface area contributed by atoms with Gasteiger partial charge in [-0.1, -0.05) is 31.1 Å². The van der Waals surface area contributed by atoms with Gasteiger partial charge in [-0.2, -0.15) is 0 Å². The fourth-order valence-electron chi connectivity index (χ4n) is 6.55. The predicted molar refractivity (Wildman–Crippen MR) is 159 cm³/mol. The van der Waals surface area contributed by atoms with Crippen LogP contribution in [0.5, 0.6) is 11.5 Å². The minimum absolute atomic E-state index is 0.298. The Morgan fingerprint density at radius 1 is 1.00 bits per heavy atom. The van der Waals surface area contributed by atoms with E-state index in [9.17, 15) is 14.4 Å². The largest absolute Gasteiger partial charge is 0.462 e. The second-order valence-electron chi connectivity index (χ2n) is 12.1. The van der Waals surface area contributed by atoms with Gasteiger partial charge in [-0.15, -0.1) is 0 Å². The Balaban J connectivity index is 1.03. The quantitative estimate of drug-likeness (QED) is 0.113. The molecule has 0 N–H and O–H groups in total. The molecule has 1 aromatic carbocycles. The lowest BCUT2D eigenvalue weighted by atomic mass is 9.91. The van der Waals surface area contributed by atoms with E-state index in [1.165, 1.54) is 25.5 Å². The Morgan fingerprint density at radius 3 is 2.66 bits per heavy atom. The van der Waals surface area contributed by atoms with E-state index in [1.54, 1.807) is 6.08 Å². The van der Waals surface area contributed by atoms with Crippen molar-refractivity contribution in [2.75, 3.05) is 6.79 Å². The summed E-state index contributed by atoms with van der Waals surface area (Å²) in [4.78, 5) is 35.5. The monoisotopic (exact) mass is 612 g/mol. The zero-order valence-corrected chi connectivity index (χ0v) is 25.7. The van der Waals surface area contributed by atoms with E-state index >= 15 is 0 Å². The first kappa shape index (κ1) is 32.0. The van der Waals surface area contributed by atoms with Gasteiger partial charge in [0.25, 0.3) is 0 Å². The molecular formula is C34H44O10. The number of hydrogen-bond donors (Lipinski definition) is 0. The van der Waals surface area contributed by atoms with Crippen molar-refractivity contribution in [1.29, 1.82) is 0 Å². The minimum atomic E-state index is -1.04. The molecule has 0 bridgehead atoms. The van der Waals surface area contributed by atoms with Crippen molar-refractivity contribution in [1.82, 2.24) is 0 Å². The fraction of sp³-hybridized carbons (Fsp3) is 0.618. The van der Waals surface area contributed by atoms with Crippen LogP contribution in [0.2, 0.25) is 0 Å². The van der Waals surface area contributed by atoms with Crippen LogP contribution < -0.4 is 9.47 Å². The number of esters is 3. The number of hydrogen-bond acceptors (Lipinski definition) is 10. The number of aryl methyl sites for hydroxylation is 1.